The first-order valence-electron chi connectivity index (χ1n) is 9.80. The number of aromatic nitrogens is 5. The van der Waals surface area contributed by atoms with Gasteiger partial charge in [-0.05, 0) is 60.7 Å². The number of carbonyl (C=O) groups excluding carboxylic acids is 1. The number of nitrogens with one attached hydrogen (secondary N) is 2. The van der Waals surface area contributed by atoms with Crippen LogP contribution in [0.25, 0.3) is 16.7 Å². The third-order valence-corrected chi connectivity index (χ3v) is 4.75. The summed E-state index contributed by atoms with van der Waals surface area (Å²) < 4.78 is 20.0. The van der Waals surface area contributed by atoms with Gasteiger partial charge < -0.3 is 15.0 Å². The van der Waals surface area contributed by atoms with Gasteiger partial charge in [0.1, 0.15) is 29.2 Å². The van der Waals surface area contributed by atoms with E-state index in [2.05, 4.69) is 25.4 Å². The van der Waals surface area contributed by atoms with Crippen LogP contribution < -0.4 is 15.6 Å². The SMILES string of the molecule is O=C(Nc1ccc(Oc2ncnc3[nH]ccc23)cc1)c1ccc(=O)n(-c2ccc(F)cc2)n1. The van der Waals surface area contributed by atoms with E-state index in [0.29, 0.717) is 28.7 Å². The molecule has 0 saturated carbocycles. The van der Waals surface area contributed by atoms with E-state index in [1.807, 2.05) is 6.07 Å². The molecule has 2 N–H and O–H groups in total. The van der Waals surface area contributed by atoms with Crippen molar-refractivity contribution in [2.45, 2.75) is 0 Å². The summed E-state index contributed by atoms with van der Waals surface area (Å²) >= 11 is 0. The second-order valence-corrected chi connectivity index (χ2v) is 6.94. The molecule has 0 unspecified atom stereocenters. The fourth-order valence-corrected chi connectivity index (χ4v) is 3.14. The Hall–Kier alpha value is -4.86. The van der Waals surface area contributed by atoms with Crippen LogP contribution in [-0.2, 0) is 0 Å². The third-order valence-electron chi connectivity index (χ3n) is 4.75. The minimum atomic E-state index is -0.510. The van der Waals surface area contributed by atoms with Gasteiger partial charge in [-0.1, -0.05) is 0 Å². The van der Waals surface area contributed by atoms with E-state index in [1.165, 1.54) is 42.7 Å². The van der Waals surface area contributed by atoms with E-state index in [1.54, 1.807) is 30.5 Å². The second kappa shape index (κ2) is 8.35. The topological polar surface area (TPSA) is 115 Å². The molecular formula is C23H15FN6O3. The van der Waals surface area contributed by atoms with Crippen LogP contribution in [0.15, 0.2) is 84.0 Å². The van der Waals surface area contributed by atoms with E-state index < -0.39 is 17.3 Å². The molecule has 0 bridgehead atoms. The molecular weight excluding hydrogens is 427 g/mol. The van der Waals surface area contributed by atoms with Crippen LogP contribution in [0.2, 0.25) is 0 Å². The van der Waals surface area contributed by atoms with Gasteiger partial charge in [0.2, 0.25) is 5.88 Å². The molecule has 0 aliphatic carbocycles. The van der Waals surface area contributed by atoms with E-state index in [0.717, 1.165) is 10.1 Å². The normalized spacial score (nSPS) is 10.8. The summed E-state index contributed by atoms with van der Waals surface area (Å²) in [4.78, 5) is 36.1. The van der Waals surface area contributed by atoms with E-state index >= 15 is 0 Å². The highest BCUT2D eigenvalue weighted by molar-refractivity contribution is 6.02. The Morgan fingerprint density at radius 2 is 1.76 bits per heavy atom. The first-order valence-corrected chi connectivity index (χ1v) is 9.80. The molecule has 0 fully saturated rings. The summed E-state index contributed by atoms with van der Waals surface area (Å²) in [6, 6.07) is 16.3. The van der Waals surface area contributed by atoms with Gasteiger partial charge in [0.25, 0.3) is 11.5 Å². The number of benzene rings is 2. The summed E-state index contributed by atoms with van der Waals surface area (Å²) in [5, 5.41) is 7.56. The number of fused-ring (bicyclic) bond motifs is 1. The molecule has 3 aromatic heterocycles. The molecule has 9 nitrogen and oxygen atoms in total. The van der Waals surface area contributed by atoms with Crippen LogP contribution in [0.4, 0.5) is 10.1 Å². The van der Waals surface area contributed by atoms with Gasteiger partial charge in [0.15, 0.2) is 0 Å². The molecule has 0 spiro atoms. The Labute approximate surface area is 185 Å². The minimum absolute atomic E-state index is 0.0232. The molecule has 162 valence electrons. The van der Waals surface area contributed by atoms with Gasteiger partial charge in [-0.25, -0.2) is 14.4 Å². The van der Waals surface area contributed by atoms with Gasteiger partial charge in [0, 0.05) is 18.0 Å². The van der Waals surface area contributed by atoms with E-state index in [-0.39, 0.29) is 5.69 Å². The van der Waals surface area contributed by atoms with Crippen LogP contribution in [0.3, 0.4) is 0 Å². The first kappa shape index (κ1) is 20.1. The average Bonchev–Trinajstić information content (AvgIpc) is 3.31. The van der Waals surface area contributed by atoms with Crippen molar-refractivity contribution >= 4 is 22.6 Å². The molecule has 5 rings (SSSR count). The maximum absolute atomic E-state index is 13.2. The van der Waals surface area contributed by atoms with Crippen molar-refractivity contribution in [3.8, 4) is 17.3 Å². The number of ether oxygens (including phenoxy) is 1. The number of hydrogen-bond acceptors (Lipinski definition) is 6. The highest BCUT2D eigenvalue weighted by atomic mass is 19.1. The summed E-state index contributed by atoms with van der Waals surface area (Å²) in [5.74, 6) is -0.0165. The molecule has 5 aromatic rings. The highest BCUT2D eigenvalue weighted by Gasteiger charge is 2.12. The number of hydrogen-bond donors (Lipinski definition) is 2. The van der Waals surface area contributed by atoms with Crippen molar-refractivity contribution in [2.24, 2.45) is 0 Å². The average molecular weight is 442 g/mol. The van der Waals surface area contributed by atoms with Gasteiger partial charge in [-0.15, -0.1) is 0 Å². The molecule has 10 heteroatoms. The third kappa shape index (κ3) is 4.17. The number of H-pyrrole nitrogens is 1. The van der Waals surface area contributed by atoms with E-state index in [4.69, 9.17) is 4.74 Å². The summed E-state index contributed by atoms with van der Waals surface area (Å²) in [6.45, 7) is 0. The molecule has 2 aromatic carbocycles. The molecule has 0 aliphatic rings. The Morgan fingerprint density at radius 1 is 0.970 bits per heavy atom. The Kier molecular flexibility index (Phi) is 5.07. The van der Waals surface area contributed by atoms with Crippen molar-refractivity contribution in [1.82, 2.24) is 24.7 Å². The summed E-state index contributed by atoms with van der Waals surface area (Å²) in [7, 11) is 0. The van der Waals surface area contributed by atoms with Crippen molar-refractivity contribution in [1.29, 1.82) is 0 Å². The maximum Gasteiger partial charge on any atom is 0.276 e. The predicted octanol–water partition coefficient (Wildman–Crippen LogP) is 3.69. The Balaban J connectivity index is 1.32. The monoisotopic (exact) mass is 442 g/mol. The number of aromatic amines is 1. The molecule has 0 aliphatic heterocycles. The van der Waals surface area contributed by atoms with Crippen molar-refractivity contribution in [3.05, 3.63) is 101 Å². The number of rotatable bonds is 5. The lowest BCUT2D eigenvalue weighted by atomic mass is 10.2. The maximum atomic E-state index is 13.2. The van der Waals surface area contributed by atoms with Gasteiger partial charge in [-0.2, -0.15) is 9.78 Å². The number of halogens is 1. The number of amides is 1. The predicted molar refractivity (Wildman–Crippen MR) is 118 cm³/mol. The highest BCUT2D eigenvalue weighted by Crippen LogP contribution is 2.26. The van der Waals surface area contributed by atoms with Crippen molar-refractivity contribution < 1.29 is 13.9 Å². The largest absolute Gasteiger partial charge is 0.438 e. The lowest BCUT2D eigenvalue weighted by Gasteiger charge is -2.09. The van der Waals surface area contributed by atoms with Gasteiger partial charge in [-0.3, -0.25) is 9.59 Å². The summed E-state index contributed by atoms with van der Waals surface area (Å²) in [5.41, 5.74) is 1.09. The van der Waals surface area contributed by atoms with Crippen molar-refractivity contribution in [3.63, 3.8) is 0 Å². The molecule has 1 amide bonds. The summed E-state index contributed by atoms with van der Waals surface area (Å²) in [6.07, 6.45) is 3.15. The lowest BCUT2D eigenvalue weighted by molar-refractivity contribution is 0.102. The van der Waals surface area contributed by atoms with Gasteiger partial charge >= 0.3 is 0 Å². The van der Waals surface area contributed by atoms with Crippen LogP contribution in [0.1, 0.15) is 10.5 Å². The minimum Gasteiger partial charge on any atom is -0.438 e. The fraction of sp³-hybridized carbons (Fsp3) is 0. The van der Waals surface area contributed by atoms with Crippen LogP contribution in [0.5, 0.6) is 11.6 Å². The Bertz CT molecular complexity index is 1510. The zero-order valence-electron chi connectivity index (χ0n) is 16.9. The lowest BCUT2D eigenvalue weighted by Crippen LogP contribution is -2.24. The van der Waals surface area contributed by atoms with Gasteiger partial charge in [0.05, 0.1) is 11.1 Å². The van der Waals surface area contributed by atoms with Crippen LogP contribution >= 0.6 is 0 Å². The zero-order valence-corrected chi connectivity index (χ0v) is 16.9. The second-order valence-electron chi connectivity index (χ2n) is 6.94. The standard InChI is InChI=1S/C23H15FN6O3/c24-14-1-5-16(6-2-14)30-20(31)10-9-19(29-30)22(32)28-15-3-7-17(8-4-15)33-23-18-11-12-25-21(18)26-13-27-23/h1-13H,(H,28,32)(H,25,26,27). The molecule has 3 heterocycles. The molecule has 0 saturated heterocycles. The molecule has 33 heavy (non-hydrogen) atoms. The number of carbonyl (C=O) groups is 1. The Morgan fingerprint density at radius 3 is 2.55 bits per heavy atom. The number of nitrogens with zero attached hydrogens (tertiary/aromatic N) is 4. The smallest absolute Gasteiger partial charge is 0.276 e. The fourth-order valence-electron chi connectivity index (χ4n) is 3.14. The van der Waals surface area contributed by atoms with Crippen LogP contribution in [0, 0.1) is 5.82 Å². The molecule has 0 radical (unpaired) electrons. The van der Waals surface area contributed by atoms with Crippen LogP contribution in [-0.4, -0.2) is 30.6 Å². The molecule has 0 atom stereocenters. The van der Waals surface area contributed by atoms with Crippen molar-refractivity contribution in [2.75, 3.05) is 5.32 Å². The van der Waals surface area contributed by atoms with E-state index in [9.17, 15) is 14.0 Å². The quantitative estimate of drug-likeness (QED) is 0.429. The number of anilines is 1. The first-order chi connectivity index (χ1) is 16.1. The zero-order chi connectivity index (χ0) is 22.8.